The van der Waals surface area contributed by atoms with Crippen molar-refractivity contribution in [1.29, 1.82) is 0 Å². The van der Waals surface area contributed by atoms with E-state index in [4.69, 9.17) is 4.99 Å². The van der Waals surface area contributed by atoms with Crippen LogP contribution < -0.4 is 26.5 Å². The number of hydrogen-bond acceptors (Lipinski definition) is 7. The summed E-state index contributed by atoms with van der Waals surface area (Å²) in [5, 5.41) is 37.1. The van der Waals surface area contributed by atoms with Crippen LogP contribution in [0.1, 0.15) is 39.2 Å². The number of allylic oxidation sites excluding steroid dienone is 2. The molecular weight excluding hydrogens is 488 g/mol. The van der Waals surface area contributed by atoms with E-state index in [0.29, 0.717) is 28.3 Å². The first-order valence-corrected chi connectivity index (χ1v) is 13.4. The lowest BCUT2D eigenvalue weighted by molar-refractivity contribution is -0.109. The number of rotatable bonds is 4. The Morgan fingerprint density at radius 2 is 1.54 bits per heavy atom. The predicted octanol–water partition coefficient (Wildman–Crippen LogP) is 4.80. The van der Waals surface area contributed by atoms with E-state index in [-0.39, 0.29) is 18.1 Å². The Morgan fingerprint density at radius 3 is 2.23 bits per heavy atom. The Morgan fingerprint density at radius 1 is 0.846 bits per heavy atom. The first-order chi connectivity index (χ1) is 18.8. The molecule has 0 bridgehead atoms. The van der Waals surface area contributed by atoms with Crippen molar-refractivity contribution in [2.45, 2.75) is 44.9 Å². The van der Waals surface area contributed by atoms with E-state index in [1.807, 2.05) is 74.5 Å². The van der Waals surface area contributed by atoms with Gasteiger partial charge in [-0.2, -0.15) is 0 Å². The van der Waals surface area contributed by atoms with Crippen molar-refractivity contribution >= 4 is 55.5 Å². The molecule has 0 saturated carbocycles. The van der Waals surface area contributed by atoms with Gasteiger partial charge in [-0.1, -0.05) is 55.5 Å². The smallest absolute Gasteiger partial charge is 0.201 e. The highest BCUT2D eigenvalue weighted by molar-refractivity contribution is 6.52. The first-order valence-electron chi connectivity index (χ1n) is 13.4. The lowest BCUT2D eigenvalue weighted by atomic mass is 9.79. The van der Waals surface area contributed by atoms with Crippen LogP contribution in [0, 0.1) is 0 Å². The van der Waals surface area contributed by atoms with E-state index in [0.717, 1.165) is 50.4 Å². The van der Waals surface area contributed by atoms with Crippen LogP contribution in [0.15, 0.2) is 71.4 Å². The molecule has 0 fully saturated rings. The van der Waals surface area contributed by atoms with Gasteiger partial charge in [0.25, 0.3) is 0 Å². The summed E-state index contributed by atoms with van der Waals surface area (Å²) in [6, 6.07) is 19.8. The monoisotopic (exact) mass is 518 g/mol. The number of Topliss-reactive ketones (excluding diaryl/α,β-unsaturated/α-hetero) is 1. The summed E-state index contributed by atoms with van der Waals surface area (Å²) >= 11 is 0. The minimum Gasteiger partial charge on any atom is -0.506 e. The molecule has 5 N–H and O–H groups in total. The van der Waals surface area contributed by atoms with Crippen LogP contribution in [0.2, 0.25) is 0 Å². The fourth-order valence-corrected chi connectivity index (χ4v) is 6.19. The minimum absolute atomic E-state index is 0.00343. The molecule has 0 radical (unpaired) electrons. The SMILES string of the molecule is CCC1(C)N=c2c(=C3C(=O)C(c4ccc5cccc6c5c4NC(C)(CCO)N6)=C3O)ccc3cccc(c23)N1. The fourth-order valence-electron chi connectivity index (χ4n) is 6.19. The highest BCUT2D eigenvalue weighted by atomic mass is 16.3. The molecular formula is C32H30N4O3. The topological polar surface area (TPSA) is 106 Å². The second-order valence-corrected chi connectivity index (χ2v) is 11.1. The molecule has 0 aromatic heterocycles. The zero-order valence-corrected chi connectivity index (χ0v) is 22.1. The summed E-state index contributed by atoms with van der Waals surface area (Å²) in [5.41, 5.74) is 2.80. The third-order valence-electron chi connectivity index (χ3n) is 8.40. The number of aliphatic hydroxyl groups is 2. The number of nitrogens with zero attached hydrogens (tertiary/aromatic N) is 1. The third-order valence-corrected chi connectivity index (χ3v) is 8.40. The maximum atomic E-state index is 13.9. The molecule has 0 saturated heterocycles. The van der Waals surface area contributed by atoms with Crippen LogP contribution in [0.25, 0.3) is 32.7 Å². The van der Waals surface area contributed by atoms with Gasteiger partial charge < -0.3 is 26.2 Å². The van der Waals surface area contributed by atoms with Crippen LogP contribution in [0.5, 0.6) is 0 Å². The molecule has 0 amide bonds. The molecule has 7 nitrogen and oxygen atoms in total. The van der Waals surface area contributed by atoms with E-state index in [1.54, 1.807) is 0 Å². The second-order valence-electron chi connectivity index (χ2n) is 11.1. The first kappa shape index (κ1) is 23.7. The van der Waals surface area contributed by atoms with Crippen molar-refractivity contribution in [3.63, 3.8) is 0 Å². The average molecular weight is 519 g/mol. The van der Waals surface area contributed by atoms with Crippen LogP contribution >= 0.6 is 0 Å². The normalized spacial score (nSPS) is 24.6. The number of anilines is 3. The van der Waals surface area contributed by atoms with Gasteiger partial charge in [-0.3, -0.25) is 9.79 Å². The molecule has 2 atom stereocenters. The Hall–Kier alpha value is -4.36. The molecule has 4 aromatic carbocycles. The van der Waals surface area contributed by atoms with E-state index < -0.39 is 11.3 Å². The van der Waals surface area contributed by atoms with Gasteiger partial charge in [0.05, 0.1) is 22.2 Å². The molecule has 2 aliphatic heterocycles. The largest absolute Gasteiger partial charge is 0.506 e. The van der Waals surface area contributed by atoms with E-state index in [1.165, 1.54) is 0 Å². The zero-order chi connectivity index (χ0) is 27.1. The summed E-state index contributed by atoms with van der Waals surface area (Å²) in [7, 11) is 0. The summed E-state index contributed by atoms with van der Waals surface area (Å²) < 4.78 is 0. The van der Waals surface area contributed by atoms with Gasteiger partial charge in [0.1, 0.15) is 17.1 Å². The van der Waals surface area contributed by atoms with Crippen molar-refractivity contribution in [3.05, 3.63) is 82.6 Å². The Kier molecular flexibility index (Phi) is 4.91. The molecule has 1 aliphatic carbocycles. The Labute approximate surface area is 225 Å². The lowest BCUT2D eigenvalue weighted by Crippen LogP contribution is -2.46. The number of carbonyl (C=O) groups is 1. The van der Waals surface area contributed by atoms with E-state index in [9.17, 15) is 15.0 Å². The van der Waals surface area contributed by atoms with Crippen LogP contribution in [-0.2, 0) is 4.79 Å². The number of ketones is 1. The molecule has 39 heavy (non-hydrogen) atoms. The van der Waals surface area contributed by atoms with Crippen LogP contribution in [-0.4, -0.2) is 33.9 Å². The van der Waals surface area contributed by atoms with Gasteiger partial charge in [-0.05, 0) is 43.2 Å². The molecule has 0 spiro atoms. The van der Waals surface area contributed by atoms with Crippen molar-refractivity contribution in [3.8, 4) is 0 Å². The van der Waals surface area contributed by atoms with Gasteiger partial charge in [-0.15, -0.1) is 0 Å². The maximum Gasteiger partial charge on any atom is 0.201 e. The van der Waals surface area contributed by atoms with Gasteiger partial charge >= 0.3 is 0 Å². The van der Waals surface area contributed by atoms with Crippen molar-refractivity contribution in [1.82, 2.24) is 0 Å². The van der Waals surface area contributed by atoms with E-state index >= 15 is 0 Å². The third kappa shape index (κ3) is 3.32. The summed E-state index contributed by atoms with van der Waals surface area (Å²) in [4.78, 5) is 19.0. The standard InChI is InChI=1S/C32H30N4O3/c1-4-31(2)33-21-9-5-7-17-11-13-19(27(35-31)23(17)21)25-29(38)26(30(25)39)20-14-12-18-8-6-10-22-24(18)28(20)36-32(3,34-22)15-16-37/h5-14,33-34,36-38H,4,15-16H2,1-3H3. The van der Waals surface area contributed by atoms with E-state index in [2.05, 4.69) is 22.9 Å². The average Bonchev–Trinajstić information content (AvgIpc) is 2.91. The number of hydrogen-bond donors (Lipinski definition) is 5. The number of nitrogens with one attached hydrogen (secondary N) is 3. The predicted molar refractivity (Wildman–Crippen MR) is 156 cm³/mol. The Balaban J connectivity index is 1.49. The summed E-state index contributed by atoms with van der Waals surface area (Å²) in [5.74, 6) is -0.220. The summed E-state index contributed by atoms with van der Waals surface area (Å²) in [6.07, 6.45) is 1.23. The fraction of sp³-hybridized carbons (Fsp3) is 0.250. The molecule has 2 heterocycles. The zero-order valence-electron chi connectivity index (χ0n) is 22.1. The molecule has 196 valence electrons. The quantitative estimate of drug-likeness (QED) is 0.266. The summed E-state index contributed by atoms with van der Waals surface area (Å²) in [6.45, 7) is 6.10. The second kappa shape index (κ2) is 8.07. The highest BCUT2D eigenvalue weighted by Crippen LogP contribution is 2.47. The highest BCUT2D eigenvalue weighted by Gasteiger charge is 2.40. The number of aliphatic hydroxyl groups excluding tert-OH is 2. The lowest BCUT2D eigenvalue weighted by Gasteiger charge is -2.40. The van der Waals surface area contributed by atoms with Gasteiger partial charge in [0.2, 0.25) is 5.78 Å². The van der Waals surface area contributed by atoms with Gasteiger partial charge in [-0.25, -0.2) is 0 Å². The van der Waals surface area contributed by atoms with Gasteiger partial charge in [0.15, 0.2) is 0 Å². The maximum absolute atomic E-state index is 13.9. The van der Waals surface area contributed by atoms with Crippen LogP contribution in [0.3, 0.4) is 0 Å². The minimum atomic E-state index is -0.614. The van der Waals surface area contributed by atoms with Gasteiger partial charge in [0, 0.05) is 46.0 Å². The molecule has 7 heteroatoms. The van der Waals surface area contributed by atoms with Crippen molar-refractivity contribution in [2.24, 2.45) is 4.99 Å². The van der Waals surface area contributed by atoms with Crippen molar-refractivity contribution < 1.29 is 15.0 Å². The molecule has 3 aliphatic rings. The number of carbonyl (C=O) groups excluding carboxylic acids is 1. The Bertz CT molecular complexity index is 1910. The number of benzene rings is 4. The molecule has 7 rings (SSSR count). The molecule has 4 aromatic rings. The van der Waals surface area contributed by atoms with Crippen molar-refractivity contribution in [2.75, 3.05) is 22.6 Å². The molecule has 2 unspecified atom stereocenters. The van der Waals surface area contributed by atoms with Crippen LogP contribution in [0.4, 0.5) is 17.1 Å².